The van der Waals surface area contributed by atoms with Gasteiger partial charge in [0.2, 0.25) is 0 Å². The first kappa shape index (κ1) is 23.0. The van der Waals surface area contributed by atoms with Gasteiger partial charge in [-0.25, -0.2) is 4.98 Å². The second-order valence-electron chi connectivity index (χ2n) is 10.2. The van der Waals surface area contributed by atoms with E-state index in [1.54, 1.807) is 18.4 Å². The molecule has 1 atom stereocenters. The molecule has 1 N–H and O–H groups in total. The number of methoxy groups -OCH3 is 1. The molecule has 0 amide bonds. The number of hydrogen-bond acceptors (Lipinski definition) is 5. The molecule has 4 rings (SSSR count). The Morgan fingerprint density at radius 2 is 2.00 bits per heavy atom. The van der Waals surface area contributed by atoms with Gasteiger partial charge in [0.25, 0.3) is 0 Å². The van der Waals surface area contributed by atoms with E-state index in [1.807, 2.05) is 11.9 Å². The number of aryl methyl sites for hydroxylation is 1. The normalized spacial score (nSPS) is 14.6. The summed E-state index contributed by atoms with van der Waals surface area (Å²) >= 11 is 1.67. The molecule has 5 nitrogen and oxygen atoms in total. The molecule has 1 aliphatic heterocycles. The molecule has 1 unspecified atom stereocenters. The zero-order chi connectivity index (χ0) is 23.2. The monoisotopic (exact) mass is 453 g/mol. The van der Waals surface area contributed by atoms with Crippen LogP contribution in [0.5, 0.6) is 5.75 Å². The zero-order valence-electron chi connectivity index (χ0n) is 20.3. The molecular weight excluding hydrogens is 418 g/mol. The van der Waals surface area contributed by atoms with Gasteiger partial charge in [-0.1, -0.05) is 13.8 Å². The predicted octanol–water partition coefficient (Wildman–Crippen LogP) is 5.63. The molecule has 0 saturated carbocycles. The van der Waals surface area contributed by atoms with Crippen molar-refractivity contribution >= 4 is 11.3 Å². The molecule has 3 aromatic rings. The van der Waals surface area contributed by atoms with E-state index >= 15 is 0 Å². The number of aromatic nitrogens is 2. The maximum Gasteiger partial charge on any atom is 0.152 e. The van der Waals surface area contributed by atoms with Gasteiger partial charge in [0, 0.05) is 16.5 Å². The Morgan fingerprint density at radius 3 is 2.59 bits per heavy atom. The fourth-order valence-electron chi connectivity index (χ4n) is 4.42. The molecule has 0 bridgehead atoms. The predicted molar refractivity (Wildman–Crippen MR) is 132 cm³/mol. The Bertz CT molecular complexity index is 1090. The number of fused-ring (bicyclic) bond motifs is 3. The second kappa shape index (κ2) is 8.65. The standard InChI is InChI=1S/C26H35N3O2S/c1-16(2)12-19-13-21-17(14-22(19)31-7)8-9-20-23(25(30)28(6)26(3,4)5)27-24(29(20)21)18-10-11-32-15-18/h10-11,13-16,25,30H,8-9,12H2,1-7H3. The summed E-state index contributed by atoms with van der Waals surface area (Å²) in [5.41, 5.74) is 6.41. The molecule has 6 heteroatoms. The van der Waals surface area contributed by atoms with Crippen LogP contribution in [0.15, 0.2) is 29.0 Å². The summed E-state index contributed by atoms with van der Waals surface area (Å²) in [6, 6.07) is 6.58. The second-order valence-corrected chi connectivity index (χ2v) is 10.9. The molecule has 0 fully saturated rings. The van der Waals surface area contributed by atoms with Gasteiger partial charge in [-0.2, -0.15) is 11.3 Å². The third-order valence-electron chi connectivity index (χ3n) is 6.43. The molecule has 1 aromatic carbocycles. The van der Waals surface area contributed by atoms with E-state index in [4.69, 9.17) is 9.72 Å². The zero-order valence-corrected chi connectivity index (χ0v) is 21.1. The number of aliphatic hydroxyl groups excluding tert-OH is 1. The van der Waals surface area contributed by atoms with Crippen molar-refractivity contribution in [2.45, 2.75) is 65.6 Å². The first-order chi connectivity index (χ1) is 15.1. The van der Waals surface area contributed by atoms with Crippen molar-refractivity contribution in [3.63, 3.8) is 0 Å². The maximum absolute atomic E-state index is 11.3. The highest BCUT2D eigenvalue weighted by atomic mass is 32.1. The van der Waals surface area contributed by atoms with E-state index in [9.17, 15) is 5.11 Å². The van der Waals surface area contributed by atoms with Crippen molar-refractivity contribution in [1.82, 2.24) is 14.5 Å². The number of benzene rings is 1. The van der Waals surface area contributed by atoms with Crippen LogP contribution in [0, 0.1) is 5.92 Å². The fourth-order valence-corrected chi connectivity index (χ4v) is 5.05. The van der Waals surface area contributed by atoms with Gasteiger partial charge in [0.05, 0.1) is 18.5 Å². The lowest BCUT2D eigenvalue weighted by atomic mass is 9.94. The lowest BCUT2D eigenvalue weighted by Gasteiger charge is -2.35. The van der Waals surface area contributed by atoms with Crippen LogP contribution in [0.25, 0.3) is 17.1 Å². The maximum atomic E-state index is 11.3. The van der Waals surface area contributed by atoms with Crippen molar-refractivity contribution < 1.29 is 9.84 Å². The average molecular weight is 454 g/mol. The Morgan fingerprint density at radius 1 is 1.25 bits per heavy atom. The third kappa shape index (κ3) is 4.12. The molecule has 172 valence electrons. The molecule has 1 aliphatic rings. The van der Waals surface area contributed by atoms with Crippen molar-refractivity contribution in [3.05, 3.63) is 51.5 Å². The van der Waals surface area contributed by atoms with Crippen molar-refractivity contribution in [2.24, 2.45) is 5.92 Å². The first-order valence-corrected chi connectivity index (χ1v) is 12.3. The van der Waals surface area contributed by atoms with Gasteiger partial charge in [-0.15, -0.1) is 0 Å². The van der Waals surface area contributed by atoms with Gasteiger partial charge >= 0.3 is 0 Å². The smallest absolute Gasteiger partial charge is 0.152 e. The summed E-state index contributed by atoms with van der Waals surface area (Å²) < 4.78 is 8.02. The van der Waals surface area contributed by atoms with E-state index in [-0.39, 0.29) is 5.54 Å². The van der Waals surface area contributed by atoms with Gasteiger partial charge in [-0.3, -0.25) is 9.47 Å². The molecular formula is C26H35N3O2S. The lowest BCUT2D eigenvalue weighted by Crippen LogP contribution is -2.41. The largest absolute Gasteiger partial charge is 0.496 e. The van der Waals surface area contributed by atoms with E-state index in [2.05, 4.69) is 68.1 Å². The minimum absolute atomic E-state index is 0.178. The van der Waals surface area contributed by atoms with Gasteiger partial charge in [-0.05, 0) is 87.7 Å². The average Bonchev–Trinajstić information content (AvgIpc) is 3.38. The van der Waals surface area contributed by atoms with Crippen molar-refractivity contribution in [3.8, 4) is 22.8 Å². The minimum Gasteiger partial charge on any atom is -0.496 e. The topological polar surface area (TPSA) is 50.5 Å². The highest BCUT2D eigenvalue weighted by Crippen LogP contribution is 2.39. The molecule has 0 radical (unpaired) electrons. The van der Waals surface area contributed by atoms with E-state index in [1.165, 1.54) is 11.1 Å². The van der Waals surface area contributed by atoms with E-state index in [0.29, 0.717) is 5.92 Å². The van der Waals surface area contributed by atoms with E-state index < -0.39 is 6.23 Å². The summed E-state index contributed by atoms with van der Waals surface area (Å²) in [5, 5.41) is 15.5. The highest BCUT2D eigenvalue weighted by molar-refractivity contribution is 7.08. The number of hydrogen-bond donors (Lipinski definition) is 1. The molecule has 0 spiro atoms. The molecule has 2 aromatic heterocycles. The minimum atomic E-state index is -0.765. The third-order valence-corrected chi connectivity index (χ3v) is 7.12. The van der Waals surface area contributed by atoms with Crippen LogP contribution in [-0.2, 0) is 19.3 Å². The van der Waals surface area contributed by atoms with Crippen molar-refractivity contribution in [1.29, 1.82) is 0 Å². The van der Waals surface area contributed by atoms with Crippen LogP contribution in [0.3, 0.4) is 0 Å². The Kier molecular flexibility index (Phi) is 6.23. The summed E-state index contributed by atoms with van der Waals surface area (Å²) in [5.74, 6) is 2.40. The van der Waals surface area contributed by atoms with Crippen molar-refractivity contribution in [2.75, 3.05) is 14.2 Å². The SMILES string of the molecule is COc1cc2c(cc1CC(C)C)-n1c(-c3ccsc3)nc(C(O)N(C)C(C)(C)C)c1CC2. The fraction of sp³-hybridized carbons (Fsp3) is 0.500. The molecule has 32 heavy (non-hydrogen) atoms. The van der Waals surface area contributed by atoms with Crippen LogP contribution in [0.1, 0.15) is 63.4 Å². The van der Waals surface area contributed by atoms with E-state index in [0.717, 1.165) is 53.5 Å². The summed E-state index contributed by atoms with van der Waals surface area (Å²) in [7, 11) is 3.72. The van der Waals surface area contributed by atoms with Crippen LogP contribution in [0.2, 0.25) is 0 Å². The summed E-state index contributed by atoms with van der Waals surface area (Å²) in [6.45, 7) is 10.8. The van der Waals surface area contributed by atoms with Gasteiger partial charge in [0.15, 0.2) is 6.23 Å². The number of aliphatic hydroxyl groups is 1. The molecule has 3 heterocycles. The van der Waals surface area contributed by atoms with Gasteiger partial charge in [0.1, 0.15) is 17.3 Å². The Labute approximate surface area is 195 Å². The quantitative estimate of drug-likeness (QED) is 0.492. The molecule has 0 aliphatic carbocycles. The summed E-state index contributed by atoms with van der Waals surface area (Å²) in [4.78, 5) is 7.03. The van der Waals surface area contributed by atoms with Crippen LogP contribution in [-0.4, -0.2) is 39.3 Å². The number of nitrogens with zero attached hydrogens (tertiary/aromatic N) is 3. The first-order valence-electron chi connectivity index (χ1n) is 11.4. The summed E-state index contributed by atoms with van der Waals surface area (Å²) in [6.07, 6.45) is 1.93. The molecule has 0 saturated heterocycles. The number of ether oxygens (including phenoxy) is 1. The number of imidazole rings is 1. The number of thiophene rings is 1. The number of rotatable bonds is 6. The van der Waals surface area contributed by atoms with Gasteiger partial charge < -0.3 is 9.84 Å². The van der Waals surface area contributed by atoms with Crippen LogP contribution in [0.4, 0.5) is 0 Å². The van der Waals surface area contributed by atoms with Crippen LogP contribution >= 0.6 is 11.3 Å². The Balaban J connectivity index is 1.93. The lowest BCUT2D eigenvalue weighted by molar-refractivity contribution is -0.0366. The van der Waals surface area contributed by atoms with Crippen LogP contribution < -0.4 is 4.74 Å². The Hall–Kier alpha value is -2.15. The highest BCUT2D eigenvalue weighted by Gasteiger charge is 2.33.